The van der Waals surface area contributed by atoms with Gasteiger partial charge in [0, 0.05) is 42.8 Å². The van der Waals surface area contributed by atoms with Gasteiger partial charge in [0.1, 0.15) is 0 Å². The summed E-state index contributed by atoms with van der Waals surface area (Å²) in [5.41, 5.74) is -0.914. The van der Waals surface area contributed by atoms with Crippen molar-refractivity contribution in [2.24, 2.45) is 0 Å². The molecule has 0 saturated heterocycles. The standard InChI is InChI=1S/C17H21N3O5/c1-4-10(2)25-16(24)17(15(22)23,20-11(3)21)7-12-8-19-14-5-6-18-9-13(12)14/h5-6,8-10,19H,4,7H2,1-3H3,(H,20,21)(H,22,23). The van der Waals surface area contributed by atoms with Gasteiger partial charge in [-0.05, 0) is 25.0 Å². The molecule has 2 aromatic rings. The van der Waals surface area contributed by atoms with E-state index >= 15 is 0 Å². The van der Waals surface area contributed by atoms with Crippen molar-refractivity contribution in [3.63, 3.8) is 0 Å². The molecule has 8 heteroatoms. The minimum Gasteiger partial charge on any atom is -0.479 e. The number of carboxylic acid groups (broad SMARTS) is 1. The Morgan fingerprint density at radius 1 is 1.44 bits per heavy atom. The van der Waals surface area contributed by atoms with Crippen LogP contribution < -0.4 is 5.32 Å². The van der Waals surface area contributed by atoms with E-state index in [0.717, 1.165) is 12.4 Å². The van der Waals surface area contributed by atoms with Gasteiger partial charge in [-0.3, -0.25) is 9.78 Å². The zero-order chi connectivity index (χ0) is 18.6. The summed E-state index contributed by atoms with van der Waals surface area (Å²) < 4.78 is 5.23. The van der Waals surface area contributed by atoms with Gasteiger partial charge >= 0.3 is 11.9 Å². The molecule has 0 fully saturated rings. The van der Waals surface area contributed by atoms with Crippen LogP contribution in [0.1, 0.15) is 32.8 Å². The van der Waals surface area contributed by atoms with Gasteiger partial charge in [-0.2, -0.15) is 0 Å². The number of ether oxygens (including phenoxy) is 1. The topological polar surface area (TPSA) is 121 Å². The number of nitrogens with zero attached hydrogens (tertiary/aromatic N) is 1. The largest absolute Gasteiger partial charge is 0.479 e. The lowest BCUT2D eigenvalue weighted by molar-refractivity contribution is -0.168. The first-order valence-electron chi connectivity index (χ1n) is 7.93. The summed E-state index contributed by atoms with van der Waals surface area (Å²) >= 11 is 0. The maximum Gasteiger partial charge on any atom is 0.344 e. The summed E-state index contributed by atoms with van der Waals surface area (Å²) in [6.07, 6.45) is 4.56. The summed E-state index contributed by atoms with van der Waals surface area (Å²) in [6.45, 7) is 4.63. The van der Waals surface area contributed by atoms with E-state index in [4.69, 9.17) is 4.74 Å². The van der Waals surface area contributed by atoms with Gasteiger partial charge in [-0.25, -0.2) is 9.59 Å². The van der Waals surface area contributed by atoms with Gasteiger partial charge < -0.3 is 20.1 Å². The molecule has 2 heterocycles. The second-order valence-corrected chi connectivity index (χ2v) is 5.93. The smallest absolute Gasteiger partial charge is 0.344 e. The number of carbonyl (C=O) groups is 3. The van der Waals surface area contributed by atoms with Crippen LogP contribution in [0.5, 0.6) is 0 Å². The van der Waals surface area contributed by atoms with Crippen LogP contribution in [0.3, 0.4) is 0 Å². The van der Waals surface area contributed by atoms with E-state index in [9.17, 15) is 19.5 Å². The van der Waals surface area contributed by atoms with E-state index in [2.05, 4.69) is 15.3 Å². The van der Waals surface area contributed by atoms with Gasteiger partial charge in [0.2, 0.25) is 11.4 Å². The maximum atomic E-state index is 12.6. The average molecular weight is 347 g/mol. The van der Waals surface area contributed by atoms with Crippen LogP contribution in [0.2, 0.25) is 0 Å². The lowest BCUT2D eigenvalue weighted by atomic mass is 9.90. The fraction of sp³-hybridized carbons (Fsp3) is 0.412. The Kier molecular flexibility index (Phi) is 5.41. The SMILES string of the molecule is CCC(C)OC(=O)C(Cc1c[nH]c2ccncc12)(NC(C)=O)C(=O)O. The van der Waals surface area contributed by atoms with E-state index in [1.54, 1.807) is 31.6 Å². The number of amides is 1. The molecule has 2 atom stereocenters. The Morgan fingerprint density at radius 3 is 2.76 bits per heavy atom. The van der Waals surface area contributed by atoms with Crippen LogP contribution in [-0.2, 0) is 25.5 Å². The first-order valence-corrected chi connectivity index (χ1v) is 7.93. The van der Waals surface area contributed by atoms with E-state index in [1.807, 2.05) is 6.92 Å². The van der Waals surface area contributed by atoms with Crippen molar-refractivity contribution >= 4 is 28.7 Å². The lowest BCUT2D eigenvalue weighted by Crippen LogP contribution is -2.62. The number of rotatable bonds is 7. The first-order chi connectivity index (χ1) is 11.8. The van der Waals surface area contributed by atoms with Crippen LogP contribution in [0, 0.1) is 0 Å². The van der Waals surface area contributed by atoms with Gasteiger partial charge in [0.05, 0.1) is 6.10 Å². The molecule has 0 bridgehead atoms. The number of hydrogen-bond acceptors (Lipinski definition) is 5. The molecule has 8 nitrogen and oxygen atoms in total. The van der Waals surface area contributed by atoms with Gasteiger partial charge in [-0.15, -0.1) is 0 Å². The molecule has 3 N–H and O–H groups in total. The first kappa shape index (κ1) is 18.4. The molecule has 2 unspecified atom stereocenters. The third-order valence-corrected chi connectivity index (χ3v) is 4.01. The molecule has 0 aliphatic heterocycles. The Labute approximate surface area is 144 Å². The zero-order valence-electron chi connectivity index (χ0n) is 14.3. The molecule has 25 heavy (non-hydrogen) atoms. The summed E-state index contributed by atoms with van der Waals surface area (Å²) in [5.74, 6) is -3.11. The predicted molar refractivity (Wildman–Crippen MR) is 89.8 cm³/mol. The molecular weight excluding hydrogens is 326 g/mol. The molecule has 2 aromatic heterocycles. The molecule has 0 aliphatic carbocycles. The Balaban J connectivity index is 2.47. The summed E-state index contributed by atoms with van der Waals surface area (Å²) in [5, 5.41) is 12.7. The molecule has 0 aromatic carbocycles. The van der Waals surface area contributed by atoms with E-state index in [-0.39, 0.29) is 6.42 Å². The summed E-state index contributed by atoms with van der Waals surface area (Å²) in [7, 11) is 0. The highest BCUT2D eigenvalue weighted by Crippen LogP contribution is 2.24. The third-order valence-electron chi connectivity index (χ3n) is 4.01. The molecule has 0 spiro atoms. The Hall–Kier alpha value is -2.90. The quantitative estimate of drug-likeness (QED) is 0.514. The number of nitrogens with one attached hydrogen (secondary N) is 2. The highest BCUT2D eigenvalue weighted by atomic mass is 16.5. The minimum absolute atomic E-state index is 0.261. The molecule has 0 saturated carbocycles. The van der Waals surface area contributed by atoms with Crippen LogP contribution >= 0.6 is 0 Å². The van der Waals surface area contributed by atoms with Crippen LogP contribution in [-0.4, -0.2) is 44.6 Å². The second kappa shape index (κ2) is 7.33. The van der Waals surface area contributed by atoms with Crippen molar-refractivity contribution in [2.75, 3.05) is 0 Å². The number of fused-ring (bicyclic) bond motifs is 1. The van der Waals surface area contributed by atoms with E-state index in [0.29, 0.717) is 17.4 Å². The highest BCUT2D eigenvalue weighted by Gasteiger charge is 2.49. The maximum absolute atomic E-state index is 12.6. The molecule has 134 valence electrons. The number of aliphatic carboxylic acids is 1. The number of aromatic nitrogens is 2. The van der Waals surface area contributed by atoms with Crippen molar-refractivity contribution in [1.82, 2.24) is 15.3 Å². The van der Waals surface area contributed by atoms with Crippen molar-refractivity contribution in [1.29, 1.82) is 0 Å². The Bertz CT molecular complexity index is 800. The van der Waals surface area contributed by atoms with Crippen molar-refractivity contribution in [3.8, 4) is 0 Å². The second-order valence-electron chi connectivity index (χ2n) is 5.93. The third kappa shape index (κ3) is 3.78. The lowest BCUT2D eigenvalue weighted by Gasteiger charge is -2.29. The Morgan fingerprint density at radius 2 is 2.16 bits per heavy atom. The van der Waals surface area contributed by atoms with Crippen molar-refractivity contribution in [3.05, 3.63) is 30.2 Å². The zero-order valence-corrected chi connectivity index (χ0v) is 14.3. The number of aromatic amines is 1. The number of H-pyrrole nitrogens is 1. The molecule has 0 radical (unpaired) electrons. The van der Waals surface area contributed by atoms with Crippen LogP contribution in [0.25, 0.3) is 10.9 Å². The minimum atomic E-state index is -2.21. The van der Waals surface area contributed by atoms with Gasteiger partial charge in [-0.1, -0.05) is 6.92 Å². The number of carboxylic acids is 1. The number of pyridine rings is 1. The van der Waals surface area contributed by atoms with Crippen molar-refractivity contribution in [2.45, 2.75) is 45.3 Å². The normalized spacial score (nSPS) is 14.5. The average Bonchev–Trinajstić information content (AvgIpc) is 2.96. The van der Waals surface area contributed by atoms with E-state index < -0.39 is 29.5 Å². The van der Waals surface area contributed by atoms with Gasteiger partial charge in [0.15, 0.2) is 0 Å². The molecule has 1 amide bonds. The fourth-order valence-electron chi connectivity index (χ4n) is 2.50. The summed E-state index contributed by atoms with van der Waals surface area (Å²) in [6, 6.07) is 1.73. The van der Waals surface area contributed by atoms with Crippen LogP contribution in [0.15, 0.2) is 24.7 Å². The monoisotopic (exact) mass is 347 g/mol. The van der Waals surface area contributed by atoms with Crippen LogP contribution in [0.4, 0.5) is 0 Å². The number of carbonyl (C=O) groups excluding carboxylic acids is 2. The van der Waals surface area contributed by atoms with Gasteiger partial charge in [0.25, 0.3) is 0 Å². The van der Waals surface area contributed by atoms with Crippen molar-refractivity contribution < 1.29 is 24.2 Å². The molecular formula is C17H21N3O5. The highest BCUT2D eigenvalue weighted by molar-refractivity contribution is 6.07. The predicted octanol–water partition coefficient (Wildman–Crippen LogP) is 1.41. The number of esters is 1. The molecule has 0 aliphatic rings. The fourth-order valence-corrected chi connectivity index (χ4v) is 2.50. The van der Waals surface area contributed by atoms with E-state index in [1.165, 1.54) is 0 Å². The number of hydrogen-bond donors (Lipinski definition) is 3. The molecule has 2 rings (SSSR count). The summed E-state index contributed by atoms with van der Waals surface area (Å²) in [4.78, 5) is 43.2.